The van der Waals surface area contributed by atoms with Crippen LogP contribution in [0, 0.1) is 5.92 Å². The fourth-order valence-electron chi connectivity index (χ4n) is 5.89. The summed E-state index contributed by atoms with van der Waals surface area (Å²) in [6.45, 7) is 5.93. The maximum absolute atomic E-state index is 13.2. The van der Waals surface area contributed by atoms with Crippen molar-refractivity contribution < 1.29 is 40.5 Å². The number of carbonyl (C=O) groups is 2. The molecule has 1 spiro atoms. The zero-order chi connectivity index (χ0) is 21.3. The van der Waals surface area contributed by atoms with Gasteiger partial charge in [0.25, 0.3) is 0 Å². The number of alkyl halides is 1. The number of allylic oxidation sites excluding steroid dienone is 3. The molecule has 0 radical (unpaired) electrons. The number of likely N-dealkylation sites (N-methyl/N-ethyl adjacent to an activating group) is 1. The first kappa shape index (κ1) is 20.2. The van der Waals surface area contributed by atoms with Gasteiger partial charge in [0.1, 0.15) is 0 Å². The number of hydrogen-bond acceptors (Lipinski definition) is 5. The van der Waals surface area contributed by atoms with Gasteiger partial charge in [-0.1, -0.05) is 0 Å². The summed E-state index contributed by atoms with van der Waals surface area (Å²) in [5, 5.41) is 0. The van der Waals surface area contributed by atoms with Crippen LogP contribution in [0.25, 0.3) is 0 Å². The molecule has 1 saturated heterocycles. The molecule has 2 aliphatic carbocycles. The van der Waals surface area contributed by atoms with Crippen LogP contribution in [0.2, 0.25) is 0 Å². The van der Waals surface area contributed by atoms with E-state index in [-0.39, 0.29) is 32.7 Å². The minimum atomic E-state index is -0.854. The van der Waals surface area contributed by atoms with Crippen LogP contribution < -0.4 is 31.0 Å². The predicted octanol–water partition coefficient (Wildman–Crippen LogP) is 0.357. The fraction of sp³-hybridized carbons (Fsp3) is 0.500. The van der Waals surface area contributed by atoms with Gasteiger partial charge < -0.3 is 0 Å². The quantitative estimate of drug-likeness (QED) is 0.110. The average Bonchev–Trinajstić information content (AvgIpc) is 2.97. The van der Waals surface area contributed by atoms with Crippen molar-refractivity contribution in [1.29, 1.82) is 0 Å². The van der Waals surface area contributed by atoms with Crippen molar-refractivity contribution in [2.24, 2.45) is 5.92 Å². The third-order valence-electron chi connectivity index (χ3n) is 7.34. The van der Waals surface area contributed by atoms with Crippen LogP contribution in [0.1, 0.15) is 44.7 Å². The predicted molar refractivity (Wildman–Crippen MR) is 109 cm³/mol. The SMILES string of the molecule is CC(C)=C/C=C/C(=O)Oc1ccc2c3c1O[C@@]1(C)C(=O)CC[C@H]4[C@@H](C2)N(C)[I-]C[C@@]341. The molecule has 2 fully saturated rings. The molecule has 30 heavy (non-hydrogen) atoms. The van der Waals surface area contributed by atoms with E-state index in [9.17, 15) is 9.59 Å². The summed E-state index contributed by atoms with van der Waals surface area (Å²) in [6, 6.07) is 4.40. The van der Waals surface area contributed by atoms with Gasteiger partial charge in [0, 0.05) is 0 Å². The van der Waals surface area contributed by atoms with Crippen LogP contribution >= 0.6 is 0 Å². The van der Waals surface area contributed by atoms with Gasteiger partial charge in [-0.2, -0.15) is 0 Å². The van der Waals surface area contributed by atoms with Gasteiger partial charge in [-0.25, -0.2) is 0 Å². The van der Waals surface area contributed by atoms with Gasteiger partial charge in [0.2, 0.25) is 0 Å². The Kier molecular flexibility index (Phi) is 4.67. The number of hydrogen-bond donors (Lipinski definition) is 0. The first-order valence-corrected chi connectivity index (χ1v) is 13.0. The summed E-state index contributed by atoms with van der Waals surface area (Å²) in [6.07, 6.45) is 7.45. The van der Waals surface area contributed by atoms with Crippen LogP contribution in [0.5, 0.6) is 11.5 Å². The molecular weight excluding hydrogens is 493 g/mol. The molecule has 2 aliphatic heterocycles. The summed E-state index contributed by atoms with van der Waals surface area (Å²) < 4.78 is 15.8. The molecular formula is C24H27INO4-. The summed E-state index contributed by atoms with van der Waals surface area (Å²) in [7, 11) is 2.25. The Hall–Kier alpha value is -1.67. The molecule has 2 heterocycles. The van der Waals surface area contributed by atoms with Crippen molar-refractivity contribution in [2.75, 3.05) is 11.5 Å². The van der Waals surface area contributed by atoms with Crippen LogP contribution in [0.4, 0.5) is 0 Å². The van der Waals surface area contributed by atoms with E-state index >= 15 is 0 Å². The third kappa shape index (κ3) is 2.62. The van der Waals surface area contributed by atoms with Crippen molar-refractivity contribution in [3.63, 3.8) is 0 Å². The number of benzene rings is 1. The molecule has 0 unspecified atom stereocenters. The molecule has 1 aromatic carbocycles. The Morgan fingerprint density at radius 1 is 1.37 bits per heavy atom. The Labute approximate surface area is 188 Å². The maximum atomic E-state index is 13.2. The molecule has 1 saturated carbocycles. The molecule has 2 bridgehead atoms. The topological polar surface area (TPSA) is 55.8 Å². The van der Waals surface area contributed by atoms with Gasteiger partial charge in [0.15, 0.2) is 0 Å². The molecule has 4 atom stereocenters. The number of carbonyl (C=O) groups excluding carboxylic acids is 2. The number of ether oxygens (including phenoxy) is 2. The molecule has 5 rings (SSSR count). The molecule has 1 aromatic rings. The third-order valence-corrected chi connectivity index (χ3v) is 10.7. The van der Waals surface area contributed by atoms with Gasteiger partial charge in [-0.15, -0.1) is 0 Å². The van der Waals surface area contributed by atoms with E-state index in [1.54, 1.807) is 6.08 Å². The monoisotopic (exact) mass is 520 g/mol. The second-order valence-electron chi connectivity index (χ2n) is 9.18. The molecule has 6 heteroatoms. The van der Waals surface area contributed by atoms with Gasteiger partial charge in [-0.3, -0.25) is 0 Å². The standard InChI is InChI=1S/C24H27INO4/c1-14(2)6-5-7-20(28)29-18-10-8-15-12-17-16-9-11-19(27)23(3)24(16,13-25-26(17)4)21(15)22(18)30-23/h5-8,10,16-17H,9,11-13H2,1-4H3/q-1/b7-5+/t16-,17+,23-,24-/m0/s1. The molecule has 0 amide bonds. The van der Waals surface area contributed by atoms with Crippen LogP contribution in [-0.2, 0) is 21.4 Å². The van der Waals surface area contributed by atoms with Crippen molar-refractivity contribution >= 4 is 11.8 Å². The Morgan fingerprint density at radius 3 is 2.93 bits per heavy atom. The molecule has 4 aliphatic rings. The zero-order valence-electron chi connectivity index (χ0n) is 17.8. The van der Waals surface area contributed by atoms with E-state index in [0.717, 1.165) is 28.4 Å². The van der Waals surface area contributed by atoms with E-state index in [0.29, 0.717) is 29.9 Å². The Bertz CT molecular complexity index is 1010. The van der Waals surface area contributed by atoms with E-state index < -0.39 is 11.6 Å². The number of Topliss-reactive ketones (excluding diaryl/α,β-unsaturated/α-hetero) is 1. The zero-order valence-corrected chi connectivity index (χ0v) is 20.0. The molecule has 0 aromatic heterocycles. The summed E-state index contributed by atoms with van der Waals surface area (Å²) in [4.78, 5) is 25.6. The Balaban J connectivity index is 1.61. The van der Waals surface area contributed by atoms with Crippen molar-refractivity contribution in [3.05, 3.63) is 47.1 Å². The minimum absolute atomic E-state index is 0.177. The number of halogens is 1. The van der Waals surface area contributed by atoms with Crippen molar-refractivity contribution in [2.45, 2.75) is 57.1 Å². The average molecular weight is 520 g/mol. The Morgan fingerprint density at radius 2 is 2.17 bits per heavy atom. The van der Waals surface area contributed by atoms with Crippen molar-refractivity contribution in [3.8, 4) is 11.5 Å². The van der Waals surface area contributed by atoms with Crippen molar-refractivity contribution in [1.82, 2.24) is 3.11 Å². The van der Waals surface area contributed by atoms with E-state index in [1.165, 1.54) is 11.6 Å². The number of rotatable bonds is 3. The first-order valence-electron chi connectivity index (χ1n) is 10.5. The molecule has 0 N–H and O–H groups in total. The molecule has 160 valence electrons. The second-order valence-corrected chi connectivity index (χ2v) is 12.1. The second kappa shape index (κ2) is 6.92. The van der Waals surface area contributed by atoms with E-state index in [1.807, 2.05) is 32.9 Å². The summed E-state index contributed by atoms with van der Waals surface area (Å²) in [5.41, 5.74) is 2.39. The normalized spacial score (nSPS) is 34.1. The summed E-state index contributed by atoms with van der Waals surface area (Å²) in [5.74, 6) is 1.24. The first-order chi connectivity index (χ1) is 14.3. The van der Waals surface area contributed by atoms with Crippen LogP contribution in [0.15, 0.2) is 35.9 Å². The van der Waals surface area contributed by atoms with Crippen LogP contribution in [0.3, 0.4) is 0 Å². The van der Waals surface area contributed by atoms with Crippen LogP contribution in [-0.4, -0.2) is 38.0 Å². The number of esters is 1. The van der Waals surface area contributed by atoms with Gasteiger partial charge in [-0.05, 0) is 0 Å². The van der Waals surface area contributed by atoms with Gasteiger partial charge >= 0.3 is 188 Å². The van der Waals surface area contributed by atoms with E-state index in [2.05, 4.69) is 16.2 Å². The van der Waals surface area contributed by atoms with E-state index in [4.69, 9.17) is 9.47 Å². The summed E-state index contributed by atoms with van der Waals surface area (Å²) >= 11 is -0.177. The molecule has 5 nitrogen and oxygen atoms in total. The number of ketones is 1. The van der Waals surface area contributed by atoms with Gasteiger partial charge in [0.05, 0.1) is 0 Å². The number of nitrogens with zero attached hydrogens (tertiary/aromatic N) is 1. The fourth-order valence-corrected chi connectivity index (χ4v) is 9.73.